The Morgan fingerprint density at radius 1 is 1.35 bits per heavy atom. The Labute approximate surface area is 117 Å². The highest BCUT2D eigenvalue weighted by molar-refractivity contribution is 5.95. The van der Waals surface area contributed by atoms with E-state index < -0.39 is 5.63 Å². The van der Waals surface area contributed by atoms with E-state index in [0.29, 0.717) is 5.58 Å². The molecule has 2 rings (SSSR count). The van der Waals surface area contributed by atoms with E-state index in [4.69, 9.17) is 4.42 Å². The van der Waals surface area contributed by atoms with Gasteiger partial charge in [0.2, 0.25) is 0 Å². The van der Waals surface area contributed by atoms with E-state index >= 15 is 0 Å². The van der Waals surface area contributed by atoms with Crippen molar-refractivity contribution in [2.24, 2.45) is 0 Å². The van der Waals surface area contributed by atoms with Gasteiger partial charge in [-0.3, -0.25) is 0 Å². The van der Waals surface area contributed by atoms with Crippen LogP contribution in [0.5, 0.6) is 5.75 Å². The zero-order valence-corrected chi connectivity index (χ0v) is 11.5. The van der Waals surface area contributed by atoms with Crippen molar-refractivity contribution in [1.82, 2.24) is 0 Å². The molecule has 0 atom stereocenters. The van der Waals surface area contributed by atoms with Gasteiger partial charge in [0.05, 0.1) is 0 Å². The molecule has 0 spiro atoms. The van der Waals surface area contributed by atoms with Gasteiger partial charge in [-0.05, 0) is 37.1 Å². The summed E-state index contributed by atoms with van der Waals surface area (Å²) in [4.78, 5) is 11.7. The van der Waals surface area contributed by atoms with Crippen LogP contribution in [0.4, 0.5) is 0 Å². The fourth-order valence-corrected chi connectivity index (χ4v) is 2.08. The molecular weight excluding hydrogens is 252 g/mol. The van der Waals surface area contributed by atoms with Crippen LogP contribution < -0.4 is 5.63 Å². The Kier molecular flexibility index (Phi) is 3.89. The highest BCUT2D eigenvalue weighted by Crippen LogP contribution is 2.30. The number of hydrogen-bond acceptors (Lipinski definition) is 3. The predicted molar refractivity (Wildman–Crippen MR) is 81.8 cm³/mol. The number of aromatic hydroxyl groups is 1. The van der Waals surface area contributed by atoms with E-state index in [1.807, 2.05) is 26.0 Å². The van der Waals surface area contributed by atoms with E-state index in [-0.39, 0.29) is 5.75 Å². The monoisotopic (exact) mass is 268 g/mol. The third-order valence-corrected chi connectivity index (χ3v) is 3.16. The first-order valence-corrected chi connectivity index (χ1v) is 6.30. The number of benzene rings is 1. The molecule has 0 aliphatic carbocycles. The van der Waals surface area contributed by atoms with Crippen LogP contribution in [-0.4, -0.2) is 5.11 Å². The highest BCUT2D eigenvalue weighted by Gasteiger charge is 2.11. The molecule has 0 aliphatic rings. The molecule has 1 aromatic carbocycles. The van der Waals surface area contributed by atoms with E-state index in [2.05, 4.69) is 6.58 Å². The maximum atomic E-state index is 11.7. The minimum absolute atomic E-state index is 0.0646. The fraction of sp³-hybridized carbons (Fsp3) is 0.118. The molecule has 0 fully saturated rings. The molecule has 0 aliphatic heterocycles. The van der Waals surface area contributed by atoms with Crippen molar-refractivity contribution >= 4 is 16.5 Å². The molecule has 2 aromatic rings. The van der Waals surface area contributed by atoms with Gasteiger partial charge in [0.15, 0.2) is 0 Å². The Morgan fingerprint density at radius 3 is 2.75 bits per heavy atom. The molecule has 20 heavy (non-hydrogen) atoms. The van der Waals surface area contributed by atoms with Gasteiger partial charge in [0.25, 0.3) is 0 Å². The van der Waals surface area contributed by atoms with Gasteiger partial charge < -0.3 is 9.52 Å². The second-order valence-corrected chi connectivity index (χ2v) is 4.45. The molecule has 3 heteroatoms. The predicted octanol–water partition coefficient (Wildman–Crippen LogP) is 4.03. The van der Waals surface area contributed by atoms with Crippen LogP contribution in [0.25, 0.3) is 16.5 Å². The van der Waals surface area contributed by atoms with E-state index in [0.717, 1.165) is 22.1 Å². The number of hydrogen-bond donors (Lipinski definition) is 1. The van der Waals surface area contributed by atoms with Crippen LogP contribution in [0.1, 0.15) is 19.4 Å². The molecule has 0 radical (unpaired) electrons. The minimum atomic E-state index is -0.447. The van der Waals surface area contributed by atoms with Gasteiger partial charge >= 0.3 is 5.63 Å². The van der Waals surface area contributed by atoms with Crippen molar-refractivity contribution in [3.63, 3.8) is 0 Å². The lowest BCUT2D eigenvalue weighted by atomic mass is 9.95. The molecule has 0 amide bonds. The summed E-state index contributed by atoms with van der Waals surface area (Å²) in [6.45, 7) is 7.62. The first-order chi connectivity index (χ1) is 9.56. The first kappa shape index (κ1) is 13.9. The molecule has 102 valence electrons. The molecule has 0 saturated heterocycles. The lowest BCUT2D eigenvalue weighted by molar-refractivity contribution is 0.473. The van der Waals surface area contributed by atoms with Crippen LogP contribution in [0, 0.1) is 0 Å². The molecular formula is C17H16O3. The van der Waals surface area contributed by atoms with Gasteiger partial charge in [-0.1, -0.05) is 24.8 Å². The minimum Gasteiger partial charge on any atom is -0.508 e. The molecule has 0 bridgehead atoms. The second-order valence-electron chi connectivity index (χ2n) is 4.45. The zero-order valence-electron chi connectivity index (χ0n) is 11.5. The zero-order chi connectivity index (χ0) is 14.7. The van der Waals surface area contributed by atoms with Gasteiger partial charge in [-0.15, -0.1) is 0 Å². The Balaban J connectivity index is 2.85. The molecule has 1 heterocycles. The number of rotatable bonds is 3. The van der Waals surface area contributed by atoms with Crippen molar-refractivity contribution in [3.05, 3.63) is 70.6 Å². The molecule has 3 nitrogen and oxygen atoms in total. The number of allylic oxidation sites excluding steroid dienone is 5. The van der Waals surface area contributed by atoms with Gasteiger partial charge in [-0.25, -0.2) is 4.79 Å². The maximum absolute atomic E-state index is 11.7. The summed E-state index contributed by atoms with van der Waals surface area (Å²) in [6.07, 6.45) is 5.51. The summed E-state index contributed by atoms with van der Waals surface area (Å²) >= 11 is 0. The van der Waals surface area contributed by atoms with Gasteiger partial charge in [-0.2, -0.15) is 0 Å². The summed E-state index contributed by atoms with van der Waals surface area (Å²) in [7, 11) is 0. The van der Waals surface area contributed by atoms with Crippen molar-refractivity contribution in [3.8, 4) is 5.75 Å². The van der Waals surface area contributed by atoms with Gasteiger partial charge in [0.1, 0.15) is 11.3 Å². The number of phenolic OH excluding ortho intramolecular Hbond substituents is 1. The average Bonchev–Trinajstić information content (AvgIpc) is 2.42. The Bertz CT molecular complexity index is 776. The third kappa shape index (κ3) is 2.57. The van der Waals surface area contributed by atoms with Crippen molar-refractivity contribution in [2.45, 2.75) is 13.8 Å². The molecule has 0 unspecified atom stereocenters. The SMILES string of the molecule is C=C/C=C(\C(C)=C/C)c1cc(=O)oc2cc(O)ccc12. The second kappa shape index (κ2) is 5.61. The summed E-state index contributed by atoms with van der Waals surface area (Å²) in [5.41, 5.74) is 2.63. The summed E-state index contributed by atoms with van der Waals surface area (Å²) in [5, 5.41) is 10.3. The van der Waals surface area contributed by atoms with E-state index in [1.165, 1.54) is 12.1 Å². The number of phenols is 1. The van der Waals surface area contributed by atoms with Gasteiger partial charge in [0, 0.05) is 23.1 Å². The van der Waals surface area contributed by atoms with Crippen LogP contribution in [0.2, 0.25) is 0 Å². The molecule has 1 N–H and O–H groups in total. The third-order valence-electron chi connectivity index (χ3n) is 3.16. The lowest BCUT2D eigenvalue weighted by Crippen LogP contribution is -2.01. The van der Waals surface area contributed by atoms with E-state index in [1.54, 1.807) is 18.2 Å². The fourth-order valence-electron chi connectivity index (χ4n) is 2.08. The lowest BCUT2D eigenvalue weighted by Gasteiger charge is -2.10. The topological polar surface area (TPSA) is 50.4 Å². The quantitative estimate of drug-likeness (QED) is 0.675. The molecule has 0 saturated carbocycles. The number of fused-ring (bicyclic) bond motifs is 1. The van der Waals surface area contributed by atoms with Crippen molar-refractivity contribution < 1.29 is 9.52 Å². The van der Waals surface area contributed by atoms with Crippen LogP contribution >= 0.6 is 0 Å². The van der Waals surface area contributed by atoms with Crippen LogP contribution in [0.3, 0.4) is 0 Å². The average molecular weight is 268 g/mol. The van der Waals surface area contributed by atoms with Crippen molar-refractivity contribution in [1.29, 1.82) is 0 Å². The smallest absolute Gasteiger partial charge is 0.336 e. The summed E-state index contributed by atoms with van der Waals surface area (Å²) < 4.78 is 5.14. The summed E-state index contributed by atoms with van der Waals surface area (Å²) in [6, 6.07) is 6.21. The van der Waals surface area contributed by atoms with Crippen LogP contribution in [0.15, 0.2) is 63.9 Å². The Hall–Kier alpha value is -2.55. The first-order valence-electron chi connectivity index (χ1n) is 6.30. The van der Waals surface area contributed by atoms with Crippen LogP contribution in [-0.2, 0) is 0 Å². The summed E-state index contributed by atoms with van der Waals surface area (Å²) in [5.74, 6) is 0.0646. The van der Waals surface area contributed by atoms with E-state index in [9.17, 15) is 9.90 Å². The van der Waals surface area contributed by atoms with Crippen molar-refractivity contribution in [2.75, 3.05) is 0 Å². The maximum Gasteiger partial charge on any atom is 0.336 e. The standard InChI is InChI=1S/C17H16O3/c1-4-6-13(11(3)5-2)15-10-17(19)20-16-9-12(18)7-8-14(15)16/h4-10,18H,1H2,2-3H3/b11-5-,13-6+. The normalized spacial score (nSPS) is 12.7. The molecule has 1 aromatic heterocycles. The highest BCUT2D eigenvalue weighted by atomic mass is 16.4. The Morgan fingerprint density at radius 2 is 2.10 bits per heavy atom. The largest absolute Gasteiger partial charge is 0.508 e.